The zero-order chi connectivity index (χ0) is 13.7. The van der Waals surface area contributed by atoms with E-state index >= 15 is 0 Å². The van der Waals surface area contributed by atoms with Gasteiger partial charge in [-0.2, -0.15) is 0 Å². The summed E-state index contributed by atoms with van der Waals surface area (Å²) in [4.78, 5) is 0. The van der Waals surface area contributed by atoms with E-state index in [-0.39, 0.29) is 6.04 Å². The number of benzene rings is 2. The molecule has 3 heteroatoms. The Kier molecular flexibility index (Phi) is 4.83. The number of halogens is 1. The molecule has 1 unspecified atom stereocenters. The van der Waals surface area contributed by atoms with E-state index in [4.69, 9.17) is 16.3 Å². The summed E-state index contributed by atoms with van der Waals surface area (Å²) < 4.78 is 5.24. The summed E-state index contributed by atoms with van der Waals surface area (Å²) in [7, 11) is 1.68. The van der Waals surface area contributed by atoms with Crippen LogP contribution in [0, 0.1) is 0 Å². The standard InChI is InChI=1S/C16H18ClNO/c1-12(13-7-5-8-15(10-13)19-2)18-11-14-6-3-4-9-16(14)17/h3-10,12,18H,11H2,1-2H3. The second kappa shape index (κ2) is 6.60. The van der Waals surface area contributed by atoms with Crippen molar-refractivity contribution in [2.45, 2.75) is 19.5 Å². The van der Waals surface area contributed by atoms with E-state index in [9.17, 15) is 0 Å². The van der Waals surface area contributed by atoms with Crippen molar-refractivity contribution in [1.82, 2.24) is 5.32 Å². The molecule has 100 valence electrons. The van der Waals surface area contributed by atoms with Crippen LogP contribution in [0.1, 0.15) is 24.1 Å². The Morgan fingerprint density at radius 3 is 2.68 bits per heavy atom. The number of hydrogen-bond donors (Lipinski definition) is 1. The van der Waals surface area contributed by atoms with Gasteiger partial charge >= 0.3 is 0 Å². The Morgan fingerprint density at radius 2 is 1.95 bits per heavy atom. The summed E-state index contributed by atoms with van der Waals surface area (Å²) in [6.07, 6.45) is 0. The van der Waals surface area contributed by atoms with Crippen LogP contribution >= 0.6 is 11.6 Å². The molecular formula is C16H18ClNO. The van der Waals surface area contributed by atoms with E-state index in [2.05, 4.69) is 18.3 Å². The normalized spacial score (nSPS) is 12.2. The lowest BCUT2D eigenvalue weighted by Crippen LogP contribution is -2.18. The Bertz CT molecular complexity index is 542. The summed E-state index contributed by atoms with van der Waals surface area (Å²) in [6, 6.07) is 16.2. The van der Waals surface area contributed by atoms with Crippen LogP contribution < -0.4 is 10.1 Å². The molecule has 2 aromatic rings. The summed E-state index contributed by atoms with van der Waals surface area (Å²) in [5, 5.41) is 4.27. The van der Waals surface area contributed by atoms with Gasteiger partial charge < -0.3 is 10.1 Å². The van der Waals surface area contributed by atoms with Crippen molar-refractivity contribution in [3.63, 3.8) is 0 Å². The van der Waals surface area contributed by atoms with Crippen LogP contribution in [0.2, 0.25) is 5.02 Å². The van der Waals surface area contributed by atoms with Gasteiger partial charge in [0.05, 0.1) is 7.11 Å². The quantitative estimate of drug-likeness (QED) is 0.883. The average molecular weight is 276 g/mol. The molecule has 0 spiro atoms. The van der Waals surface area contributed by atoms with Gasteiger partial charge in [-0.3, -0.25) is 0 Å². The molecule has 1 atom stereocenters. The lowest BCUT2D eigenvalue weighted by Gasteiger charge is -2.15. The summed E-state index contributed by atoms with van der Waals surface area (Å²) in [5.41, 5.74) is 2.31. The van der Waals surface area contributed by atoms with Crippen molar-refractivity contribution in [3.05, 3.63) is 64.7 Å². The lowest BCUT2D eigenvalue weighted by molar-refractivity contribution is 0.413. The van der Waals surface area contributed by atoms with Gasteiger partial charge in [0.15, 0.2) is 0 Å². The number of methoxy groups -OCH3 is 1. The number of hydrogen-bond acceptors (Lipinski definition) is 2. The van der Waals surface area contributed by atoms with Crippen LogP contribution in [0.3, 0.4) is 0 Å². The first kappa shape index (κ1) is 13.9. The first-order valence-electron chi connectivity index (χ1n) is 6.31. The SMILES string of the molecule is COc1cccc(C(C)NCc2ccccc2Cl)c1. The fourth-order valence-electron chi connectivity index (χ4n) is 1.93. The first-order chi connectivity index (χ1) is 9.20. The monoisotopic (exact) mass is 275 g/mol. The molecule has 0 aromatic heterocycles. The van der Waals surface area contributed by atoms with Gasteiger partial charge in [0.1, 0.15) is 5.75 Å². The van der Waals surface area contributed by atoms with Gasteiger partial charge in [0.25, 0.3) is 0 Å². The third-order valence-electron chi connectivity index (χ3n) is 3.15. The van der Waals surface area contributed by atoms with E-state index in [1.807, 2.05) is 42.5 Å². The predicted octanol–water partition coefficient (Wildman–Crippen LogP) is 4.20. The van der Waals surface area contributed by atoms with Gasteiger partial charge in [-0.15, -0.1) is 0 Å². The molecule has 0 aliphatic carbocycles. The Labute approximate surface area is 119 Å². The maximum Gasteiger partial charge on any atom is 0.119 e. The second-order valence-corrected chi connectivity index (χ2v) is 4.88. The van der Waals surface area contributed by atoms with Gasteiger partial charge in [-0.05, 0) is 36.2 Å². The average Bonchev–Trinajstić information content (AvgIpc) is 2.46. The first-order valence-corrected chi connectivity index (χ1v) is 6.69. The predicted molar refractivity (Wildman–Crippen MR) is 79.7 cm³/mol. The van der Waals surface area contributed by atoms with Crippen molar-refractivity contribution in [3.8, 4) is 5.75 Å². The highest BCUT2D eigenvalue weighted by atomic mass is 35.5. The van der Waals surface area contributed by atoms with Crippen molar-refractivity contribution in [1.29, 1.82) is 0 Å². The largest absolute Gasteiger partial charge is 0.497 e. The molecule has 0 aliphatic heterocycles. The van der Waals surface area contributed by atoms with Gasteiger partial charge in [-0.1, -0.05) is 41.9 Å². The van der Waals surface area contributed by atoms with E-state index in [1.165, 1.54) is 5.56 Å². The molecule has 0 aliphatic rings. The minimum Gasteiger partial charge on any atom is -0.497 e. The van der Waals surface area contributed by atoms with Crippen molar-refractivity contribution in [2.24, 2.45) is 0 Å². The number of ether oxygens (including phenoxy) is 1. The molecule has 2 aromatic carbocycles. The number of rotatable bonds is 5. The zero-order valence-electron chi connectivity index (χ0n) is 11.2. The molecule has 0 saturated carbocycles. The van der Waals surface area contributed by atoms with Gasteiger partial charge in [-0.25, -0.2) is 0 Å². The molecule has 1 N–H and O–H groups in total. The van der Waals surface area contributed by atoms with Crippen LogP contribution in [-0.2, 0) is 6.54 Å². The molecule has 2 rings (SSSR count). The molecule has 0 saturated heterocycles. The summed E-state index contributed by atoms with van der Waals surface area (Å²) >= 11 is 6.14. The minimum absolute atomic E-state index is 0.242. The fourth-order valence-corrected chi connectivity index (χ4v) is 2.14. The fraction of sp³-hybridized carbons (Fsp3) is 0.250. The van der Waals surface area contributed by atoms with Gasteiger partial charge in [0, 0.05) is 17.6 Å². The van der Waals surface area contributed by atoms with Crippen molar-refractivity contribution >= 4 is 11.6 Å². The third kappa shape index (κ3) is 3.72. The zero-order valence-corrected chi connectivity index (χ0v) is 11.9. The molecule has 0 fully saturated rings. The maximum atomic E-state index is 6.14. The molecule has 0 amide bonds. The summed E-state index contributed by atoms with van der Waals surface area (Å²) in [5.74, 6) is 0.879. The maximum absolute atomic E-state index is 6.14. The highest BCUT2D eigenvalue weighted by Gasteiger charge is 2.07. The van der Waals surface area contributed by atoms with Crippen LogP contribution in [0.4, 0.5) is 0 Å². The highest BCUT2D eigenvalue weighted by Crippen LogP contribution is 2.20. The number of nitrogens with one attached hydrogen (secondary N) is 1. The van der Waals surface area contributed by atoms with E-state index in [1.54, 1.807) is 7.11 Å². The van der Waals surface area contributed by atoms with Crippen LogP contribution in [0.5, 0.6) is 5.75 Å². The van der Waals surface area contributed by atoms with Crippen LogP contribution in [-0.4, -0.2) is 7.11 Å². The van der Waals surface area contributed by atoms with Crippen LogP contribution in [0.25, 0.3) is 0 Å². The topological polar surface area (TPSA) is 21.3 Å². The van der Waals surface area contributed by atoms with E-state index < -0.39 is 0 Å². The Morgan fingerprint density at radius 1 is 1.16 bits per heavy atom. The summed E-state index contributed by atoms with van der Waals surface area (Å²) in [6.45, 7) is 2.88. The van der Waals surface area contributed by atoms with Crippen LogP contribution in [0.15, 0.2) is 48.5 Å². The highest BCUT2D eigenvalue weighted by molar-refractivity contribution is 6.31. The Hall–Kier alpha value is -1.51. The molecule has 0 bridgehead atoms. The van der Waals surface area contributed by atoms with Gasteiger partial charge in [0.2, 0.25) is 0 Å². The van der Waals surface area contributed by atoms with E-state index in [0.717, 1.165) is 22.9 Å². The molecule has 19 heavy (non-hydrogen) atoms. The van der Waals surface area contributed by atoms with E-state index in [0.29, 0.717) is 0 Å². The second-order valence-electron chi connectivity index (χ2n) is 4.47. The molecule has 2 nitrogen and oxygen atoms in total. The minimum atomic E-state index is 0.242. The Balaban J connectivity index is 2.01. The molecule has 0 heterocycles. The van der Waals surface area contributed by atoms with Crippen molar-refractivity contribution in [2.75, 3.05) is 7.11 Å². The third-order valence-corrected chi connectivity index (χ3v) is 3.52. The molecular weight excluding hydrogens is 258 g/mol. The molecule has 0 radical (unpaired) electrons. The lowest BCUT2D eigenvalue weighted by atomic mass is 10.1. The van der Waals surface area contributed by atoms with Crippen molar-refractivity contribution < 1.29 is 4.74 Å². The smallest absolute Gasteiger partial charge is 0.119 e.